The second-order valence-electron chi connectivity index (χ2n) is 5.58. The lowest BCUT2D eigenvalue weighted by Gasteiger charge is -2.24. The van der Waals surface area contributed by atoms with E-state index >= 15 is 0 Å². The lowest BCUT2D eigenvalue weighted by molar-refractivity contribution is 0.0923. The zero-order valence-corrected chi connectivity index (χ0v) is 12.2. The van der Waals surface area contributed by atoms with Gasteiger partial charge < -0.3 is 14.3 Å². The first-order chi connectivity index (χ1) is 10.7. The van der Waals surface area contributed by atoms with Crippen molar-refractivity contribution in [2.45, 2.75) is 32.4 Å². The summed E-state index contributed by atoms with van der Waals surface area (Å²) in [5.74, 6) is 1.75. The minimum atomic E-state index is -0.136. The third-order valence-corrected chi connectivity index (χ3v) is 4.06. The van der Waals surface area contributed by atoms with Crippen LogP contribution < -0.4 is 5.32 Å². The molecule has 4 heterocycles. The second kappa shape index (κ2) is 4.94. The van der Waals surface area contributed by atoms with Crippen molar-refractivity contribution >= 4 is 11.6 Å². The van der Waals surface area contributed by atoms with Crippen molar-refractivity contribution in [2.24, 2.45) is 0 Å². The number of pyridine rings is 1. The number of imidazole rings is 1. The molecule has 0 unspecified atom stereocenters. The molecular weight excluding hydrogens is 280 g/mol. The number of hydrogen-bond acceptors (Lipinski definition) is 4. The van der Waals surface area contributed by atoms with Crippen LogP contribution in [0.25, 0.3) is 5.65 Å². The van der Waals surface area contributed by atoms with Crippen molar-refractivity contribution in [1.29, 1.82) is 0 Å². The van der Waals surface area contributed by atoms with Gasteiger partial charge in [-0.1, -0.05) is 6.07 Å². The smallest absolute Gasteiger partial charge is 0.271 e. The summed E-state index contributed by atoms with van der Waals surface area (Å²) in [5.41, 5.74) is 1.21. The summed E-state index contributed by atoms with van der Waals surface area (Å²) in [4.78, 5) is 16.7. The Balaban J connectivity index is 1.51. The Morgan fingerprint density at radius 3 is 3.14 bits per heavy atom. The van der Waals surface area contributed by atoms with Crippen molar-refractivity contribution < 1.29 is 4.79 Å². The van der Waals surface area contributed by atoms with Gasteiger partial charge in [0.25, 0.3) is 5.91 Å². The van der Waals surface area contributed by atoms with E-state index in [9.17, 15) is 4.79 Å². The van der Waals surface area contributed by atoms with Crippen LogP contribution in [0.4, 0.5) is 0 Å². The molecule has 0 saturated heterocycles. The monoisotopic (exact) mass is 296 g/mol. The van der Waals surface area contributed by atoms with Crippen molar-refractivity contribution in [3.05, 3.63) is 47.9 Å². The summed E-state index contributed by atoms with van der Waals surface area (Å²) in [6, 6.07) is 5.78. The van der Waals surface area contributed by atoms with Gasteiger partial charge in [0, 0.05) is 31.4 Å². The molecule has 7 nitrogen and oxygen atoms in total. The van der Waals surface area contributed by atoms with Crippen LogP contribution >= 0.6 is 0 Å². The van der Waals surface area contributed by atoms with Gasteiger partial charge in [-0.25, -0.2) is 4.98 Å². The first-order valence-corrected chi connectivity index (χ1v) is 7.34. The maximum absolute atomic E-state index is 12.4. The molecule has 112 valence electrons. The zero-order chi connectivity index (χ0) is 15.1. The lowest BCUT2D eigenvalue weighted by atomic mass is 10.1. The fraction of sp³-hybridized carbons (Fsp3) is 0.333. The number of aryl methyl sites for hydroxylation is 2. The summed E-state index contributed by atoms with van der Waals surface area (Å²) < 4.78 is 3.91. The van der Waals surface area contributed by atoms with Gasteiger partial charge in [0.15, 0.2) is 0 Å². The van der Waals surface area contributed by atoms with Gasteiger partial charge >= 0.3 is 0 Å². The number of rotatable bonds is 2. The lowest BCUT2D eigenvalue weighted by Crippen LogP contribution is -2.41. The number of carbonyl (C=O) groups is 1. The molecule has 0 aromatic carbocycles. The molecule has 0 bridgehead atoms. The predicted octanol–water partition coefficient (Wildman–Crippen LogP) is 0.979. The van der Waals surface area contributed by atoms with Crippen LogP contribution in [0.15, 0.2) is 30.6 Å². The largest absolute Gasteiger partial charge is 0.346 e. The minimum Gasteiger partial charge on any atom is -0.346 e. The molecule has 0 radical (unpaired) electrons. The van der Waals surface area contributed by atoms with E-state index in [0.29, 0.717) is 12.2 Å². The van der Waals surface area contributed by atoms with E-state index in [-0.39, 0.29) is 11.9 Å². The molecule has 0 aliphatic carbocycles. The average Bonchev–Trinajstić information content (AvgIpc) is 3.11. The van der Waals surface area contributed by atoms with Crippen molar-refractivity contribution in [1.82, 2.24) is 29.5 Å². The topological polar surface area (TPSA) is 77.1 Å². The molecule has 1 amide bonds. The number of nitrogens with one attached hydrogen (secondary N) is 1. The van der Waals surface area contributed by atoms with E-state index in [0.717, 1.165) is 30.1 Å². The quantitative estimate of drug-likeness (QED) is 0.764. The zero-order valence-electron chi connectivity index (χ0n) is 12.2. The van der Waals surface area contributed by atoms with Crippen molar-refractivity contribution in [3.63, 3.8) is 0 Å². The maximum Gasteiger partial charge on any atom is 0.271 e. The van der Waals surface area contributed by atoms with E-state index in [1.54, 1.807) is 6.20 Å². The highest BCUT2D eigenvalue weighted by Gasteiger charge is 2.23. The van der Waals surface area contributed by atoms with E-state index in [4.69, 9.17) is 0 Å². The van der Waals surface area contributed by atoms with Crippen LogP contribution in [0.3, 0.4) is 0 Å². The maximum atomic E-state index is 12.4. The van der Waals surface area contributed by atoms with Crippen LogP contribution in [-0.4, -0.2) is 36.1 Å². The highest BCUT2D eigenvalue weighted by atomic mass is 16.2. The molecule has 0 saturated carbocycles. The molecule has 0 fully saturated rings. The van der Waals surface area contributed by atoms with Gasteiger partial charge in [0.1, 0.15) is 23.0 Å². The Bertz CT molecular complexity index is 816. The van der Waals surface area contributed by atoms with E-state index < -0.39 is 0 Å². The number of fused-ring (bicyclic) bond motifs is 2. The first kappa shape index (κ1) is 13.0. The fourth-order valence-electron chi connectivity index (χ4n) is 2.88. The molecule has 1 atom stereocenters. The van der Waals surface area contributed by atoms with Gasteiger partial charge in [-0.05, 0) is 25.5 Å². The molecular formula is C15H16N6O. The Labute approximate surface area is 127 Å². The van der Waals surface area contributed by atoms with Crippen LogP contribution in [0.5, 0.6) is 0 Å². The first-order valence-electron chi connectivity index (χ1n) is 7.34. The molecule has 1 N–H and O–H groups in total. The summed E-state index contributed by atoms with van der Waals surface area (Å²) in [6.07, 6.45) is 5.34. The molecule has 1 aliphatic rings. The standard InChI is InChI=1S/C15H16N6O/c1-10-18-19-14-6-5-11(8-21(10)14)16-15(22)12-9-20-7-3-2-4-13(20)17-12/h2-4,7,9,11H,5-6,8H2,1H3,(H,16,22)/t11-/m1/s1. The average molecular weight is 296 g/mol. The molecule has 22 heavy (non-hydrogen) atoms. The number of hydrogen-bond donors (Lipinski definition) is 1. The van der Waals surface area contributed by atoms with E-state index in [1.165, 1.54) is 0 Å². The predicted molar refractivity (Wildman–Crippen MR) is 79.5 cm³/mol. The number of carbonyl (C=O) groups excluding carboxylic acids is 1. The van der Waals surface area contributed by atoms with Crippen LogP contribution in [0.2, 0.25) is 0 Å². The summed E-state index contributed by atoms with van der Waals surface area (Å²) in [5, 5.41) is 11.3. The Morgan fingerprint density at radius 1 is 1.36 bits per heavy atom. The van der Waals surface area contributed by atoms with Gasteiger partial charge in [-0.2, -0.15) is 0 Å². The van der Waals surface area contributed by atoms with Gasteiger partial charge in [0.2, 0.25) is 0 Å². The Kier molecular flexibility index (Phi) is 2.92. The molecule has 7 heteroatoms. The van der Waals surface area contributed by atoms with Crippen LogP contribution in [0.1, 0.15) is 28.6 Å². The molecule has 3 aromatic heterocycles. The van der Waals surface area contributed by atoms with Crippen molar-refractivity contribution in [3.8, 4) is 0 Å². The fourth-order valence-corrected chi connectivity index (χ4v) is 2.88. The van der Waals surface area contributed by atoms with Gasteiger partial charge in [0.05, 0.1) is 0 Å². The second-order valence-corrected chi connectivity index (χ2v) is 5.58. The van der Waals surface area contributed by atoms with Crippen LogP contribution in [0, 0.1) is 6.92 Å². The SMILES string of the molecule is Cc1nnc2n1C[C@H](NC(=O)c1cn3ccccc3n1)CC2. The Hall–Kier alpha value is -2.70. The molecule has 3 aromatic rings. The Morgan fingerprint density at radius 2 is 2.27 bits per heavy atom. The number of amides is 1. The van der Waals surface area contributed by atoms with Gasteiger partial charge in [-0.3, -0.25) is 4.79 Å². The minimum absolute atomic E-state index is 0.0829. The van der Waals surface area contributed by atoms with Crippen molar-refractivity contribution in [2.75, 3.05) is 0 Å². The number of nitrogens with zero attached hydrogens (tertiary/aromatic N) is 5. The molecule has 4 rings (SSSR count). The van der Waals surface area contributed by atoms with E-state index in [1.807, 2.05) is 35.7 Å². The third-order valence-electron chi connectivity index (χ3n) is 4.06. The summed E-state index contributed by atoms with van der Waals surface area (Å²) in [7, 11) is 0. The number of aromatic nitrogens is 5. The van der Waals surface area contributed by atoms with E-state index in [2.05, 4.69) is 25.1 Å². The molecule has 1 aliphatic heterocycles. The van der Waals surface area contributed by atoms with Gasteiger partial charge in [-0.15, -0.1) is 10.2 Å². The third kappa shape index (κ3) is 2.14. The highest BCUT2D eigenvalue weighted by molar-refractivity contribution is 5.93. The summed E-state index contributed by atoms with van der Waals surface area (Å²) in [6.45, 7) is 2.65. The highest BCUT2D eigenvalue weighted by Crippen LogP contribution is 2.15. The molecule has 0 spiro atoms. The normalized spacial score (nSPS) is 17.4. The summed E-state index contributed by atoms with van der Waals surface area (Å²) >= 11 is 0. The van der Waals surface area contributed by atoms with Crippen LogP contribution in [-0.2, 0) is 13.0 Å².